The Morgan fingerprint density at radius 1 is 0.327 bits per heavy atom. The smallest absolute Gasteiger partial charge is 0.0547 e. The molecule has 0 aliphatic heterocycles. The van der Waals surface area contributed by atoms with E-state index in [0.29, 0.717) is 0 Å². The molecule has 0 amide bonds. The van der Waals surface area contributed by atoms with Crippen molar-refractivity contribution in [3.63, 3.8) is 0 Å². The van der Waals surface area contributed by atoms with Crippen molar-refractivity contribution >= 4 is 90.9 Å². The summed E-state index contributed by atoms with van der Waals surface area (Å²) in [5.74, 6) is 0. The maximum atomic E-state index is 2.43. The van der Waals surface area contributed by atoms with Gasteiger partial charge in [0.05, 0.1) is 5.69 Å². The number of fused-ring (bicyclic) bond motifs is 8. The van der Waals surface area contributed by atoms with Crippen LogP contribution >= 0.6 is 22.7 Å². The lowest BCUT2D eigenvalue weighted by molar-refractivity contribution is 1.30. The van der Waals surface area contributed by atoms with Gasteiger partial charge in [-0.15, -0.1) is 22.7 Å². The summed E-state index contributed by atoms with van der Waals surface area (Å²) in [5, 5.41) is 7.77. The van der Waals surface area contributed by atoms with E-state index in [1.165, 1.54) is 79.1 Å². The lowest BCUT2D eigenvalue weighted by Gasteiger charge is -2.27. The van der Waals surface area contributed by atoms with Crippen LogP contribution in [0.25, 0.3) is 73.4 Å². The molecule has 1 nitrogen and oxygen atoms in total. The number of anilines is 3. The Morgan fingerprint density at radius 3 is 1.51 bits per heavy atom. The van der Waals surface area contributed by atoms with E-state index in [-0.39, 0.29) is 0 Å². The van der Waals surface area contributed by atoms with Crippen molar-refractivity contribution in [3.8, 4) is 22.3 Å². The fourth-order valence-corrected chi connectivity index (χ4v) is 9.98. The van der Waals surface area contributed by atoms with Crippen LogP contribution in [-0.4, -0.2) is 0 Å². The van der Waals surface area contributed by atoms with Gasteiger partial charge < -0.3 is 4.90 Å². The van der Waals surface area contributed by atoms with E-state index in [4.69, 9.17) is 0 Å². The number of nitrogens with zero attached hydrogens (tertiary/aromatic N) is 1. The van der Waals surface area contributed by atoms with Crippen LogP contribution in [0, 0.1) is 0 Å². The molecule has 0 N–H and O–H groups in total. The van der Waals surface area contributed by atoms with Crippen LogP contribution in [0.15, 0.2) is 176 Å². The van der Waals surface area contributed by atoms with Gasteiger partial charge in [-0.05, 0) is 64.7 Å². The van der Waals surface area contributed by atoms with E-state index in [1.54, 1.807) is 0 Å². The van der Waals surface area contributed by atoms with Gasteiger partial charge in [0.1, 0.15) is 0 Å². The predicted molar refractivity (Wildman–Crippen MR) is 215 cm³/mol. The Kier molecular flexibility index (Phi) is 6.61. The third-order valence-electron chi connectivity index (χ3n) is 9.64. The molecule has 10 rings (SSSR count). The Balaban J connectivity index is 1.21. The molecule has 0 unspecified atom stereocenters. The van der Waals surface area contributed by atoms with Gasteiger partial charge in [-0.1, -0.05) is 133 Å². The number of hydrogen-bond acceptors (Lipinski definition) is 3. The van der Waals surface area contributed by atoms with Crippen molar-refractivity contribution in [1.29, 1.82) is 0 Å². The largest absolute Gasteiger partial charge is 0.310 e. The Hall–Kier alpha value is -5.74. The summed E-state index contributed by atoms with van der Waals surface area (Å²) < 4.78 is 5.32. The third kappa shape index (κ3) is 4.58. The average molecular weight is 660 g/mol. The number of benzene rings is 8. The van der Waals surface area contributed by atoms with Gasteiger partial charge in [0.25, 0.3) is 0 Å². The summed E-state index contributed by atoms with van der Waals surface area (Å²) in [7, 11) is 0. The van der Waals surface area contributed by atoms with E-state index in [2.05, 4.69) is 181 Å². The molecule has 0 bridgehead atoms. The van der Waals surface area contributed by atoms with Crippen molar-refractivity contribution in [1.82, 2.24) is 0 Å². The SMILES string of the molecule is c1ccc(-c2cccc3c2sc2c(-c4ccc5sc6c7ccccc7c(N(c7ccccc7)c7ccccc7)cc6c5c4)cccc23)cc1. The van der Waals surface area contributed by atoms with Crippen molar-refractivity contribution in [2.45, 2.75) is 0 Å². The van der Waals surface area contributed by atoms with E-state index < -0.39 is 0 Å². The third-order valence-corrected chi connectivity index (χ3v) is 12.2. The molecule has 3 heteroatoms. The molecule has 0 spiro atoms. The van der Waals surface area contributed by atoms with Gasteiger partial charge in [0, 0.05) is 62.5 Å². The second kappa shape index (κ2) is 11.5. The zero-order chi connectivity index (χ0) is 32.3. The molecular formula is C46H29NS2. The summed E-state index contributed by atoms with van der Waals surface area (Å²) in [6.45, 7) is 0. The lowest BCUT2D eigenvalue weighted by atomic mass is 9.98. The molecule has 0 aliphatic rings. The van der Waals surface area contributed by atoms with E-state index in [1.807, 2.05) is 22.7 Å². The Bertz CT molecular complexity index is 2770. The molecule has 10 aromatic rings. The zero-order valence-electron chi connectivity index (χ0n) is 26.5. The van der Waals surface area contributed by atoms with Gasteiger partial charge in [-0.25, -0.2) is 0 Å². The number of hydrogen-bond donors (Lipinski definition) is 0. The van der Waals surface area contributed by atoms with Gasteiger partial charge in [-0.2, -0.15) is 0 Å². The minimum Gasteiger partial charge on any atom is -0.310 e. The molecule has 8 aromatic carbocycles. The highest BCUT2D eigenvalue weighted by molar-refractivity contribution is 7.27. The van der Waals surface area contributed by atoms with Gasteiger partial charge >= 0.3 is 0 Å². The van der Waals surface area contributed by atoms with E-state index in [0.717, 1.165) is 11.4 Å². The Labute approximate surface area is 292 Å². The topological polar surface area (TPSA) is 3.24 Å². The average Bonchev–Trinajstić information content (AvgIpc) is 3.75. The molecule has 230 valence electrons. The van der Waals surface area contributed by atoms with E-state index >= 15 is 0 Å². The van der Waals surface area contributed by atoms with Crippen molar-refractivity contribution in [2.24, 2.45) is 0 Å². The van der Waals surface area contributed by atoms with Crippen LogP contribution < -0.4 is 4.90 Å². The molecule has 0 fully saturated rings. The number of para-hydroxylation sites is 2. The predicted octanol–water partition coefficient (Wildman–Crippen LogP) is 14.4. The minimum atomic E-state index is 1.14. The summed E-state index contributed by atoms with van der Waals surface area (Å²) in [4.78, 5) is 2.40. The zero-order valence-corrected chi connectivity index (χ0v) is 28.1. The highest BCUT2D eigenvalue weighted by Crippen LogP contribution is 2.48. The molecule has 2 aromatic heterocycles. The monoisotopic (exact) mass is 659 g/mol. The lowest BCUT2D eigenvalue weighted by Crippen LogP contribution is -2.10. The first kappa shape index (κ1) is 28.3. The molecule has 0 aliphatic carbocycles. The first-order chi connectivity index (χ1) is 24.3. The molecule has 0 saturated carbocycles. The van der Waals surface area contributed by atoms with Gasteiger partial charge in [-0.3, -0.25) is 0 Å². The maximum Gasteiger partial charge on any atom is 0.0547 e. The normalized spacial score (nSPS) is 11.7. The van der Waals surface area contributed by atoms with Gasteiger partial charge in [0.2, 0.25) is 0 Å². The van der Waals surface area contributed by atoms with Crippen LogP contribution in [-0.2, 0) is 0 Å². The van der Waals surface area contributed by atoms with Crippen LogP contribution in [0.1, 0.15) is 0 Å². The highest BCUT2D eigenvalue weighted by Gasteiger charge is 2.20. The highest BCUT2D eigenvalue weighted by atomic mass is 32.1. The molecule has 0 radical (unpaired) electrons. The first-order valence-electron chi connectivity index (χ1n) is 16.6. The van der Waals surface area contributed by atoms with Crippen molar-refractivity contribution in [3.05, 3.63) is 176 Å². The molecular weight excluding hydrogens is 631 g/mol. The molecule has 0 atom stereocenters. The summed E-state index contributed by atoms with van der Waals surface area (Å²) in [5.41, 5.74) is 8.57. The van der Waals surface area contributed by atoms with Crippen LogP contribution in [0.2, 0.25) is 0 Å². The fraction of sp³-hybridized carbons (Fsp3) is 0. The summed E-state index contributed by atoms with van der Waals surface area (Å²) in [6, 6.07) is 64.1. The minimum absolute atomic E-state index is 1.14. The Morgan fingerprint density at radius 2 is 0.857 bits per heavy atom. The summed E-state index contributed by atoms with van der Waals surface area (Å²) in [6.07, 6.45) is 0. The van der Waals surface area contributed by atoms with Crippen molar-refractivity contribution < 1.29 is 0 Å². The standard InChI is InChI=1S/C46H29NS2/c1-4-14-30(15-5-1)34-22-12-24-38-39-25-13-23-35(45(39)49-44(34)38)31-26-27-43-40(28-31)41-29-42(36-20-10-11-21-37(36)46(41)48-43)47(32-16-6-2-7-17-32)33-18-8-3-9-19-33/h1-29H. The summed E-state index contributed by atoms with van der Waals surface area (Å²) >= 11 is 3.81. The van der Waals surface area contributed by atoms with Crippen LogP contribution in [0.5, 0.6) is 0 Å². The van der Waals surface area contributed by atoms with Gasteiger partial charge in [0.15, 0.2) is 0 Å². The fourth-order valence-electron chi connectivity index (χ4n) is 7.41. The second-order valence-electron chi connectivity index (χ2n) is 12.5. The number of rotatable bonds is 5. The molecule has 0 saturated heterocycles. The quantitative estimate of drug-likeness (QED) is 0.178. The van der Waals surface area contributed by atoms with E-state index in [9.17, 15) is 0 Å². The molecule has 49 heavy (non-hydrogen) atoms. The van der Waals surface area contributed by atoms with Crippen LogP contribution in [0.3, 0.4) is 0 Å². The molecule has 2 heterocycles. The van der Waals surface area contributed by atoms with Crippen molar-refractivity contribution in [2.75, 3.05) is 4.90 Å². The second-order valence-corrected chi connectivity index (χ2v) is 14.5. The number of thiophene rings is 2. The van der Waals surface area contributed by atoms with Crippen LogP contribution in [0.4, 0.5) is 17.1 Å². The first-order valence-corrected chi connectivity index (χ1v) is 18.2. The maximum absolute atomic E-state index is 2.43.